The van der Waals surface area contributed by atoms with Crippen LogP contribution < -0.4 is 11.1 Å². The van der Waals surface area contributed by atoms with E-state index in [4.69, 9.17) is 0 Å². The number of nitrogens with one attached hydrogen (secondary N) is 2. The molecule has 2 aliphatic rings. The van der Waals surface area contributed by atoms with Gasteiger partial charge in [0, 0.05) is 32.2 Å². The van der Waals surface area contributed by atoms with Gasteiger partial charge in [-0.25, -0.2) is 8.42 Å². The molecule has 4 rings (SSSR count). The average molecular weight is 407 g/mol. The van der Waals surface area contributed by atoms with Gasteiger partial charge in [-0.1, -0.05) is 19.3 Å². The smallest absolute Gasteiger partial charge is 0.314 e. The van der Waals surface area contributed by atoms with Crippen molar-refractivity contribution in [2.45, 2.75) is 50.0 Å². The molecule has 1 saturated heterocycles. The van der Waals surface area contributed by atoms with Gasteiger partial charge in [0.15, 0.2) is 0 Å². The van der Waals surface area contributed by atoms with Crippen LogP contribution in [0.15, 0.2) is 26.6 Å². The quantitative estimate of drug-likeness (QED) is 0.744. The molecular weight excluding hydrogens is 380 g/mol. The number of hydrogen-bond acceptors (Lipinski definition) is 5. The van der Waals surface area contributed by atoms with Gasteiger partial charge in [-0.15, -0.1) is 0 Å². The molecule has 0 atom stereocenters. The third-order valence-corrected chi connectivity index (χ3v) is 8.04. The number of nitrogens with zero attached hydrogens (tertiary/aromatic N) is 2. The fourth-order valence-electron chi connectivity index (χ4n) is 4.43. The molecule has 2 N–H and O–H groups in total. The summed E-state index contributed by atoms with van der Waals surface area (Å²) in [6, 6.07) is 3.63. The van der Waals surface area contributed by atoms with Crippen LogP contribution in [0.5, 0.6) is 0 Å². The number of H-pyrrole nitrogens is 2. The van der Waals surface area contributed by atoms with E-state index in [0.29, 0.717) is 35.7 Å². The maximum absolute atomic E-state index is 13.2. The van der Waals surface area contributed by atoms with Crippen LogP contribution in [-0.2, 0) is 10.0 Å². The predicted octanol–water partition coefficient (Wildman–Crippen LogP) is 1.16. The summed E-state index contributed by atoms with van der Waals surface area (Å²) in [5.74, 6) is 0. The van der Waals surface area contributed by atoms with Gasteiger partial charge in [0.25, 0.3) is 0 Å². The lowest BCUT2D eigenvalue weighted by atomic mass is 9.94. The van der Waals surface area contributed by atoms with E-state index in [1.165, 1.54) is 42.5 Å². The number of sulfonamides is 1. The van der Waals surface area contributed by atoms with E-state index in [-0.39, 0.29) is 4.90 Å². The first-order chi connectivity index (χ1) is 13.4. The largest absolute Gasteiger partial charge is 0.316 e. The molecule has 2 fully saturated rings. The van der Waals surface area contributed by atoms with Crippen LogP contribution in [0.1, 0.15) is 37.7 Å². The summed E-state index contributed by atoms with van der Waals surface area (Å²) < 4.78 is 28.0. The molecule has 1 aromatic heterocycles. The Morgan fingerprint density at radius 1 is 0.893 bits per heavy atom. The van der Waals surface area contributed by atoms with Gasteiger partial charge in [-0.3, -0.25) is 14.5 Å². The van der Waals surface area contributed by atoms with E-state index in [0.717, 1.165) is 13.1 Å². The first kappa shape index (κ1) is 19.4. The second-order valence-electron chi connectivity index (χ2n) is 7.80. The lowest BCUT2D eigenvalue weighted by Crippen LogP contribution is -2.52. The zero-order chi connectivity index (χ0) is 19.9. The summed E-state index contributed by atoms with van der Waals surface area (Å²) in [5.41, 5.74) is -0.259. The molecule has 0 bridgehead atoms. The summed E-state index contributed by atoms with van der Waals surface area (Å²) in [6.07, 6.45) is 6.25. The predicted molar refractivity (Wildman–Crippen MR) is 107 cm³/mol. The molecule has 1 aliphatic heterocycles. The Bertz CT molecular complexity index is 1090. The van der Waals surface area contributed by atoms with Gasteiger partial charge >= 0.3 is 11.1 Å². The van der Waals surface area contributed by atoms with Crippen LogP contribution in [-0.4, -0.2) is 59.8 Å². The molecule has 0 radical (unpaired) electrons. The lowest BCUT2D eigenvalue weighted by molar-refractivity contribution is 0.111. The SMILES string of the molecule is Cc1cc2[nH]c(=O)c(=O)[nH]c2cc1S(=O)(=O)N1CCN(C2CCCCC2)CC1. The van der Waals surface area contributed by atoms with E-state index in [9.17, 15) is 18.0 Å². The molecule has 152 valence electrons. The van der Waals surface area contributed by atoms with Gasteiger partial charge in [0.1, 0.15) is 0 Å². The summed E-state index contributed by atoms with van der Waals surface area (Å²) in [4.78, 5) is 30.7. The van der Waals surface area contributed by atoms with Crippen molar-refractivity contribution in [1.29, 1.82) is 0 Å². The van der Waals surface area contributed by atoms with Crippen LogP contribution in [0, 0.1) is 6.92 Å². The standard InChI is InChI=1S/C19H26N4O4S/c1-13-11-15-16(21-19(25)18(24)20-15)12-17(13)28(26,27)23-9-7-22(8-10-23)14-5-3-2-4-6-14/h11-12,14H,2-10H2,1H3,(H,20,24)(H,21,25). The average Bonchev–Trinajstić information content (AvgIpc) is 2.69. The van der Waals surface area contributed by atoms with Crippen molar-refractivity contribution in [1.82, 2.24) is 19.2 Å². The fourth-order valence-corrected chi connectivity index (χ4v) is 6.08. The third kappa shape index (κ3) is 3.54. The van der Waals surface area contributed by atoms with Crippen molar-refractivity contribution in [2.75, 3.05) is 26.2 Å². The van der Waals surface area contributed by atoms with Gasteiger partial charge in [0.05, 0.1) is 15.9 Å². The summed E-state index contributed by atoms with van der Waals surface area (Å²) in [7, 11) is -3.67. The van der Waals surface area contributed by atoms with Crippen molar-refractivity contribution in [3.8, 4) is 0 Å². The van der Waals surface area contributed by atoms with Crippen molar-refractivity contribution < 1.29 is 8.42 Å². The van der Waals surface area contributed by atoms with E-state index in [2.05, 4.69) is 14.9 Å². The van der Waals surface area contributed by atoms with Crippen LogP contribution in [0.4, 0.5) is 0 Å². The number of benzene rings is 1. The third-order valence-electron chi connectivity index (χ3n) is 6.00. The second kappa shape index (κ2) is 7.46. The zero-order valence-electron chi connectivity index (χ0n) is 16.0. The summed E-state index contributed by atoms with van der Waals surface area (Å²) in [6.45, 7) is 4.15. The highest BCUT2D eigenvalue weighted by Gasteiger charge is 2.32. The number of aromatic amines is 2. The summed E-state index contributed by atoms with van der Waals surface area (Å²) in [5, 5.41) is 0. The monoisotopic (exact) mass is 406 g/mol. The number of piperazine rings is 1. The van der Waals surface area contributed by atoms with E-state index >= 15 is 0 Å². The van der Waals surface area contributed by atoms with Crippen LogP contribution in [0.2, 0.25) is 0 Å². The molecule has 0 amide bonds. The Morgan fingerprint density at radius 3 is 2.07 bits per heavy atom. The molecule has 0 spiro atoms. The number of fused-ring (bicyclic) bond motifs is 1. The van der Waals surface area contributed by atoms with Gasteiger partial charge in [-0.05, 0) is 37.5 Å². The number of hydrogen-bond donors (Lipinski definition) is 2. The fraction of sp³-hybridized carbons (Fsp3) is 0.579. The first-order valence-corrected chi connectivity index (χ1v) is 11.3. The minimum absolute atomic E-state index is 0.175. The Balaban J connectivity index is 1.58. The molecule has 1 saturated carbocycles. The molecular formula is C19H26N4O4S. The van der Waals surface area contributed by atoms with Crippen LogP contribution >= 0.6 is 0 Å². The van der Waals surface area contributed by atoms with Crippen LogP contribution in [0.25, 0.3) is 11.0 Å². The Morgan fingerprint density at radius 2 is 1.46 bits per heavy atom. The van der Waals surface area contributed by atoms with Gasteiger partial charge < -0.3 is 9.97 Å². The Hall–Kier alpha value is -1.97. The number of rotatable bonds is 3. The highest BCUT2D eigenvalue weighted by molar-refractivity contribution is 7.89. The summed E-state index contributed by atoms with van der Waals surface area (Å²) >= 11 is 0. The highest BCUT2D eigenvalue weighted by atomic mass is 32.2. The molecule has 9 heteroatoms. The van der Waals surface area contributed by atoms with Gasteiger partial charge in [0.2, 0.25) is 10.0 Å². The normalized spacial score (nSPS) is 20.6. The minimum atomic E-state index is -3.67. The topological polar surface area (TPSA) is 106 Å². The molecule has 1 aliphatic carbocycles. The second-order valence-corrected chi connectivity index (χ2v) is 9.71. The maximum atomic E-state index is 13.2. The van der Waals surface area contributed by atoms with Crippen molar-refractivity contribution in [3.05, 3.63) is 38.4 Å². The van der Waals surface area contributed by atoms with E-state index in [1.54, 1.807) is 13.0 Å². The molecule has 2 heterocycles. The van der Waals surface area contributed by atoms with Crippen molar-refractivity contribution >= 4 is 21.1 Å². The van der Waals surface area contributed by atoms with Crippen molar-refractivity contribution in [2.24, 2.45) is 0 Å². The number of aromatic nitrogens is 2. The van der Waals surface area contributed by atoms with Crippen LogP contribution in [0.3, 0.4) is 0 Å². The van der Waals surface area contributed by atoms with E-state index < -0.39 is 21.1 Å². The first-order valence-electron chi connectivity index (χ1n) is 9.87. The molecule has 0 unspecified atom stereocenters. The zero-order valence-corrected chi connectivity index (χ0v) is 16.8. The van der Waals surface area contributed by atoms with Crippen molar-refractivity contribution in [3.63, 3.8) is 0 Å². The molecule has 8 nitrogen and oxygen atoms in total. The minimum Gasteiger partial charge on any atom is -0.316 e. The van der Waals surface area contributed by atoms with Gasteiger partial charge in [-0.2, -0.15) is 4.31 Å². The lowest BCUT2D eigenvalue weighted by Gasteiger charge is -2.40. The molecule has 2 aromatic rings. The molecule has 1 aromatic carbocycles. The highest BCUT2D eigenvalue weighted by Crippen LogP contribution is 2.27. The number of aryl methyl sites for hydroxylation is 1. The molecule has 28 heavy (non-hydrogen) atoms. The van der Waals surface area contributed by atoms with E-state index in [1.807, 2.05) is 0 Å². The Kier molecular flexibility index (Phi) is 5.15. The Labute approximate surface area is 163 Å². The maximum Gasteiger partial charge on any atom is 0.314 e.